The van der Waals surface area contributed by atoms with Crippen molar-refractivity contribution in [2.45, 2.75) is 57.7 Å². The number of likely N-dealkylation sites (tertiary alicyclic amines) is 1. The lowest BCUT2D eigenvalue weighted by atomic mass is 9.77. The van der Waals surface area contributed by atoms with E-state index in [1.165, 1.54) is 12.1 Å². The number of amides is 1. The van der Waals surface area contributed by atoms with Crippen molar-refractivity contribution in [2.75, 3.05) is 5.32 Å². The van der Waals surface area contributed by atoms with Crippen LogP contribution < -0.4 is 11.1 Å². The van der Waals surface area contributed by atoms with Crippen molar-refractivity contribution < 1.29 is 9.72 Å². The lowest BCUT2D eigenvalue weighted by Crippen LogP contribution is -2.61. The number of nitro groups is 1. The molecule has 1 aliphatic heterocycles. The van der Waals surface area contributed by atoms with Gasteiger partial charge in [-0.1, -0.05) is 11.6 Å². The molecule has 8 nitrogen and oxygen atoms in total. The Kier molecular flexibility index (Phi) is 6.02. The Balaban J connectivity index is 2.32. The molecular formula is C19H24ClN5O3. The van der Waals surface area contributed by atoms with E-state index in [-0.39, 0.29) is 39.1 Å². The monoisotopic (exact) mass is 405 g/mol. The third-order valence-corrected chi connectivity index (χ3v) is 5.17. The van der Waals surface area contributed by atoms with Crippen molar-refractivity contribution >= 4 is 28.9 Å². The van der Waals surface area contributed by atoms with E-state index in [1.807, 2.05) is 38.7 Å². The van der Waals surface area contributed by atoms with Gasteiger partial charge in [0.1, 0.15) is 16.7 Å². The van der Waals surface area contributed by atoms with Crippen LogP contribution in [-0.4, -0.2) is 32.9 Å². The summed E-state index contributed by atoms with van der Waals surface area (Å²) in [6.45, 7) is 8.05. The molecule has 150 valence electrons. The highest BCUT2D eigenvalue weighted by Crippen LogP contribution is 2.38. The van der Waals surface area contributed by atoms with Crippen LogP contribution in [-0.2, 0) is 4.79 Å². The zero-order chi connectivity index (χ0) is 21.3. The van der Waals surface area contributed by atoms with Gasteiger partial charge in [-0.15, -0.1) is 0 Å². The molecule has 0 aliphatic carbocycles. The number of benzene rings is 1. The Morgan fingerprint density at radius 1 is 1.39 bits per heavy atom. The number of rotatable bonds is 4. The molecule has 0 bridgehead atoms. The molecule has 1 aromatic carbocycles. The predicted octanol–water partition coefficient (Wildman–Crippen LogP) is 3.57. The molecular weight excluding hydrogens is 382 g/mol. The molecule has 0 spiro atoms. The Morgan fingerprint density at radius 3 is 2.46 bits per heavy atom. The van der Waals surface area contributed by atoms with E-state index in [0.717, 1.165) is 18.9 Å². The molecule has 1 aromatic rings. The zero-order valence-corrected chi connectivity index (χ0v) is 17.1. The smallest absolute Gasteiger partial charge is 0.289 e. The molecule has 0 atom stereocenters. The van der Waals surface area contributed by atoms with Gasteiger partial charge in [0.25, 0.3) is 11.6 Å². The highest BCUT2D eigenvalue weighted by molar-refractivity contribution is 6.32. The highest BCUT2D eigenvalue weighted by Gasteiger charge is 2.43. The van der Waals surface area contributed by atoms with Gasteiger partial charge in [-0.05, 0) is 52.7 Å². The first-order valence-corrected chi connectivity index (χ1v) is 9.17. The van der Waals surface area contributed by atoms with Gasteiger partial charge in [-0.3, -0.25) is 14.9 Å². The summed E-state index contributed by atoms with van der Waals surface area (Å²) < 4.78 is 0. The van der Waals surface area contributed by atoms with Crippen LogP contribution in [0.25, 0.3) is 0 Å². The van der Waals surface area contributed by atoms with E-state index in [4.69, 9.17) is 17.3 Å². The number of nitrogens with two attached hydrogens (primary N) is 1. The van der Waals surface area contributed by atoms with Gasteiger partial charge in [0.15, 0.2) is 0 Å². The number of anilines is 1. The van der Waals surface area contributed by atoms with Crippen molar-refractivity contribution in [3.05, 3.63) is 45.1 Å². The Bertz CT molecular complexity index is 855. The minimum absolute atomic E-state index is 0.0311. The van der Waals surface area contributed by atoms with Crippen LogP contribution >= 0.6 is 11.6 Å². The number of hydrogen-bond acceptors (Lipinski definition) is 6. The number of halogens is 1. The van der Waals surface area contributed by atoms with Gasteiger partial charge in [-0.2, -0.15) is 5.26 Å². The molecule has 1 heterocycles. The number of carbonyl (C=O) groups is 1. The SMILES string of the molecule is CC1(C)CC(N)CC(C)(C)N1/C=C(/C#N)C(=O)Nc1ccc(Cl)c([N+](=O)[O-])c1. The maximum absolute atomic E-state index is 12.6. The Morgan fingerprint density at radius 2 is 1.96 bits per heavy atom. The standard InChI is InChI=1S/C19H24ClN5O3/c1-18(2)8-13(22)9-19(3,4)24(18)11-12(10-21)17(26)23-14-5-6-15(20)16(7-14)25(27)28/h5-7,11,13H,8-9,22H2,1-4H3,(H,23,26)/b12-11-. The molecule has 0 aromatic heterocycles. The van der Waals surface area contributed by atoms with Gasteiger partial charge in [-0.25, -0.2) is 0 Å². The summed E-state index contributed by atoms with van der Waals surface area (Å²) in [5.74, 6) is -0.652. The molecule has 28 heavy (non-hydrogen) atoms. The molecule has 0 unspecified atom stereocenters. The number of carbonyl (C=O) groups excluding carboxylic acids is 1. The van der Waals surface area contributed by atoms with Crippen LogP contribution in [0.1, 0.15) is 40.5 Å². The molecule has 1 amide bonds. The van der Waals surface area contributed by atoms with Crippen molar-refractivity contribution in [3.8, 4) is 6.07 Å². The van der Waals surface area contributed by atoms with Gasteiger partial charge in [0, 0.05) is 35.1 Å². The fourth-order valence-corrected chi connectivity index (χ4v) is 4.10. The summed E-state index contributed by atoms with van der Waals surface area (Å²) >= 11 is 5.79. The van der Waals surface area contributed by atoms with Gasteiger partial charge in [0.05, 0.1) is 4.92 Å². The second-order valence-corrected chi connectivity index (χ2v) is 8.60. The number of piperidine rings is 1. The van der Waals surface area contributed by atoms with E-state index in [9.17, 15) is 20.2 Å². The molecule has 0 radical (unpaired) electrons. The first kappa shape index (κ1) is 21.7. The minimum Gasteiger partial charge on any atom is -0.366 e. The summed E-state index contributed by atoms with van der Waals surface area (Å²) in [5.41, 5.74) is 5.23. The normalized spacial score (nSPS) is 19.0. The average Bonchev–Trinajstić information content (AvgIpc) is 2.54. The third-order valence-electron chi connectivity index (χ3n) is 4.85. The van der Waals surface area contributed by atoms with E-state index < -0.39 is 10.8 Å². The molecule has 1 saturated heterocycles. The minimum atomic E-state index is -0.652. The maximum atomic E-state index is 12.6. The van der Waals surface area contributed by atoms with Crippen molar-refractivity contribution in [2.24, 2.45) is 5.73 Å². The van der Waals surface area contributed by atoms with Crippen LogP contribution in [0.3, 0.4) is 0 Å². The maximum Gasteiger partial charge on any atom is 0.289 e. The summed E-state index contributed by atoms with van der Waals surface area (Å²) in [5, 5.41) is 23.0. The summed E-state index contributed by atoms with van der Waals surface area (Å²) in [7, 11) is 0. The largest absolute Gasteiger partial charge is 0.366 e. The molecule has 3 N–H and O–H groups in total. The van der Waals surface area contributed by atoms with Crippen molar-refractivity contribution in [3.63, 3.8) is 0 Å². The van der Waals surface area contributed by atoms with Crippen molar-refractivity contribution in [1.82, 2.24) is 4.90 Å². The topological polar surface area (TPSA) is 125 Å². The summed E-state index contributed by atoms with van der Waals surface area (Å²) in [6, 6.07) is 5.87. The number of nitrogens with one attached hydrogen (secondary N) is 1. The molecule has 9 heteroatoms. The zero-order valence-electron chi connectivity index (χ0n) is 16.3. The summed E-state index contributed by atoms with van der Waals surface area (Å²) in [6.07, 6.45) is 2.98. The molecule has 0 saturated carbocycles. The molecule has 2 rings (SSSR count). The molecule has 1 fully saturated rings. The average molecular weight is 406 g/mol. The second-order valence-electron chi connectivity index (χ2n) is 8.20. The number of hydrogen-bond donors (Lipinski definition) is 2. The fourth-order valence-electron chi connectivity index (χ4n) is 3.92. The van der Waals surface area contributed by atoms with Crippen LogP contribution in [0.5, 0.6) is 0 Å². The van der Waals surface area contributed by atoms with Crippen LogP contribution in [0.2, 0.25) is 5.02 Å². The number of nitriles is 1. The van der Waals surface area contributed by atoms with Crippen molar-refractivity contribution in [1.29, 1.82) is 5.26 Å². The van der Waals surface area contributed by atoms with Gasteiger partial charge in [0.2, 0.25) is 0 Å². The van der Waals surface area contributed by atoms with E-state index >= 15 is 0 Å². The molecule has 1 aliphatic rings. The second kappa shape index (κ2) is 7.78. The highest BCUT2D eigenvalue weighted by atomic mass is 35.5. The number of nitro benzene ring substituents is 1. The van der Waals surface area contributed by atoms with E-state index in [0.29, 0.717) is 0 Å². The lowest BCUT2D eigenvalue weighted by molar-refractivity contribution is -0.384. The summed E-state index contributed by atoms with van der Waals surface area (Å²) in [4.78, 5) is 25.0. The lowest BCUT2D eigenvalue weighted by Gasteiger charge is -2.54. The Hall–Kier alpha value is -2.63. The van der Waals surface area contributed by atoms with Crippen LogP contribution in [0.4, 0.5) is 11.4 Å². The van der Waals surface area contributed by atoms with Gasteiger partial charge >= 0.3 is 0 Å². The van der Waals surface area contributed by atoms with E-state index in [2.05, 4.69) is 5.32 Å². The van der Waals surface area contributed by atoms with E-state index in [1.54, 1.807) is 6.20 Å². The third kappa shape index (κ3) is 4.61. The number of nitrogens with zero attached hydrogens (tertiary/aromatic N) is 3. The van der Waals surface area contributed by atoms with Gasteiger partial charge < -0.3 is 16.0 Å². The first-order chi connectivity index (χ1) is 12.9. The quantitative estimate of drug-likeness (QED) is 0.341. The first-order valence-electron chi connectivity index (χ1n) is 8.79. The van der Waals surface area contributed by atoms with Crippen LogP contribution in [0, 0.1) is 21.4 Å². The Labute approximate surface area is 169 Å². The predicted molar refractivity (Wildman–Crippen MR) is 108 cm³/mol. The van der Waals surface area contributed by atoms with Crippen LogP contribution in [0.15, 0.2) is 30.0 Å². The fraction of sp³-hybridized carbons (Fsp3) is 0.474.